The molecule has 0 aromatic heterocycles. The molecule has 1 N–H and O–H groups in total. The van der Waals surface area contributed by atoms with Crippen molar-refractivity contribution in [2.45, 2.75) is 6.92 Å². The summed E-state index contributed by atoms with van der Waals surface area (Å²) in [6, 6.07) is 5.40. The summed E-state index contributed by atoms with van der Waals surface area (Å²) < 4.78 is 11.3. The molecule has 1 fully saturated rings. The zero-order valence-electron chi connectivity index (χ0n) is 11.4. The zero-order valence-corrected chi connectivity index (χ0v) is 12.2. The Morgan fingerprint density at radius 2 is 2.10 bits per heavy atom. The molecule has 106 valence electrons. The first-order chi connectivity index (χ1) is 9.61. The number of aryl methyl sites for hydroxylation is 1. The average Bonchev–Trinajstić information content (AvgIpc) is 2.46. The fraction of sp³-hybridized carbons (Fsp3) is 0.400. The SMILES string of the molecule is Cc1ccc(C(=O)N2CCS(=O)CC2)cc1C#CCO. The molecule has 1 aromatic rings. The molecule has 0 saturated carbocycles. The van der Waals surface area contributed by atoms with E-state index in [0.29, 0.717) is 30.2 Å². The minimum absolute atomic E-state index is 0.0475. The number of benzene rings is 1. The summed E-state index contributed by atoms with van der Waals surface area (Å²) >= 11 is 0. The molecule has 0 atom stereocenters. The largest absolute Gasteiger partial charge is 0.384 e. The van der Waals surface area contributed by atoms with Gasteiger partial charge in [-0.25, -0.2) is 0 Å². The van der Waals surface area contributed by atoms with E-state index in [9.17, 15) is 9.00 Å². The van der Waals surface area contributed by atoms with Gasteiger partial charge in [0.1, 0.15) is 6.61 Å². The van der Waals surface area contributed by atoms with Crippen LogP contribution in [-0.2, 0) is 10.8 Å². The van der Waals surface area contributed by atoms with Gasteiger partial charge in [-0.1, -0.05) is 17.9 Å². The molecule has 1 aliphatic heterocycles. The first-order valence-electron chi connectivity index (χ1n) is 6.46. The molecule has 1 aliphatic rings. The summed E-state index contributed by atoms with van der Waals surface area (Å²) in [5.41, 5.74) is 2.32. The van der Waals surface area contributed by atoms with Gasteiger partial charge in [-0.3, -0.25) is 9.00 Å². The quantitative estimate of drug-likeness (QED) is 0.769. The van der Waals surface area contributed by atoms with Gasteiger partial charge < -0.3 is 10.0 Å². The van der Waals surface area contributed by atoms with Crippen molar-refractivity contribution in [2.75, 3.05) is 31.2 Å². The van der Waals surface area contributed by atoms with Gasteiger partial charge >= 0.3 is 0 Å². The fourth-order valence-electron chi connectivity index (χ4n) is 2.05. The first kappa shape index (κ1) is 14.8. The van der Waals surface area contributed by atoms with Gasteiger partial charge in [0.2, 0.25) is 0 Å². The van der Waals surface area contributed by atoms with Crippen LogP contribution in [0, 0.1) is 18.8 Å². The Hall–Kier alpha value is -1.64. The number of rotatable bonds is 1. The van der Waals surface area contributed by atoms with Gasteiger partial charge in [0, 0.05) is 46.5 Å². The molecule has 0 aliphatic carbocycles. The predicted molar refractivity (Wildman–Crippen MR) is 78.9 cm³/mol. The Kier molecular flexibility index (Phi) is 4.94. The van der Waals surface area contributed by atoms with Crippen LogP contribution in [0.3, 0.4) is 0 Å². The van der Waals surface area contributed by atoms with E-state index in [1.54, 1.807) is 17.0 Å². The molecular weight excluding hydrogens is 274 g/mol. The second-order valence-corrected chi connectivity index (χ2v) is 6.33. The van der Waals surface area contributed by atoms with Crippen molar-refractivity contribution in [3.63, 3.8) is 0 Å². The lowest BCUT2D eigenvalue weighted by atomic mass is 10.0. The third-order valence-electron chi connectivity index (χ3n) is 3.25. The summed E-state index contributed by atoms with van der Waals surface area (Å²) in [4.78, 5) is 14.1. The van der Waals surface area contributed by atoms with E-state index in [2.05, 4.69) is 11.8 Å². The van der Waals surface area contributed by atoms with E-state index >= 15 is 0 Å². The highest BCUT2D eigenvalue weighted by Crippen LogP contribution is 2.13. The molecule has 1 amide bonds. The Balaban J connectivity index is 2.20. The molecule has 0 radical (unpaired) electrons. The Bertz CT molecular complexity index is 591. The molecule has 0 bridgehead atoms. The topological polar surface area (TPSA) is 57.6 Å². The Labute approximate surface area is 121 Å². The second kappa shape index (κ2) is 6.69. The molecule has 20 heavy (non-hydrogen) atoms. The van der Waals surface area contributed by atoms with Crippen LogP contribution < -0.4 is 0 Å². The maximum Gasteiger partial charge on any atom is 0.253 e. The van der Waals surface area contributed by atoms with Gasteiger partial charge in [-0.05, 0) is 24.6 Å². The third-order valence-corrected chi connectivity index (χ3v) is 4.53. The average molecular weight is 291 g/mol. The third kappa shape index (κ3) is 3.47. The fourth-order valence-corrected chi connectivity index (χ4v) is 3.10. The van der Waals surface area contributed by atoms with E-state index in [1.165, 1.54) is 0 Å². The summed E-state index contributed by atoms with van der Waals surface area (Å²) in [6.45, 7) is 2.79. The lowest BCUT2D eigenvalue weighted by Crippen LogP contribution is -2.41. The highest BCUT2D eigenvalue weighted by Gasteiger charge is 2.21. The van der Waals surface area contributed by atoms with Crippen LogP contribution in [0.15, 0.2) is 18.2 Å². The normalized spacial score (nSPS) is 15.6. The van der Waals surface area contributed by atoms with Crippen molar-refractivity contribution in [3.8, 4) is 11.8 Å². The summed E-state index contributed by atoms with van der Waals surface area (Å²) in [5.74, 6) is 6.50. The number of hydrogen-bond donors (Lipinski definition) is 1. The van der Waals surface area contributed by atoms with Crippen LogP contribution in [0.5, 0.6) is 0 Å². The number of carbonyl (C=O) groups is 1. The maximum absolute atomic E-state index is 12.4. The van der Waals surface area contributed by atoms with E-state index in [-0.39, 0.29) is 12.5 Å². The molecule has 0 spiro atoms. The van der Waals surface area contributed by atoms with Crippen molar-refractivity contribution in [1.82, 2.24) is 4.90 Å². The Morgan fingerprint density at radius 1 is 1.40 bits per heavy atom. The molecule has 4 nitrogen and oxygen atoms in total. The van der Waals surface area contributed by atoms with Crippen LogP contribution in [0.2, 0.25) is 0 Å². The number of aliphatic hydroxyl groups is 1. The van der Waals surface area contributed by atoms with E-state index in [0.717, 1.165) is 11.1 Å². The number of hydrogen-bond acceptors (Lipinski definition) is 3. The second-order valence-electron chi connectivity index (χ2n) is 4.63. The minimum Gasteiger partial charge on any atom is -0.384 e. The Morgan fingerprint density at radius 3 is 2.75 bits per heavy atom. The molecular formula is C15H17NO3S. The molecule has 1 aromatic carbocycles. The van der Waals surface area contributed by atoms with E-state index < -0.39 is 10.8 Å². The van der Waals surface area contributed by atoms with Crippen LogP contribution >= 0.6 is 0 Å². The van der Waals surface area contributed by atoms with E-state index in [4.69, 9.17) is 5.11 Å². The number of carbonyl (C=O) groups excluding carboxylic acids is 1. The molecule has 1 heterocycles. The van der Waals surface area contributed by atoms with Crippen molar-refractivity contribution < 1.29 is 14.1 Å². The monoisotopic (exact) mass is 291 g/mol. The molecule has 2 rings (SSSR count). The zero-order chi connectivity index (χ0) is 14.5. The predicted octanol–water partition coefficient (Wildman–Crippen LogP) is 0.543. The van der Waals surface area contributed by atoms with Crippen molar-refractivity contribution in [3.05, 3.63) is 34.9 Å². The number of amides is 1. The minimum atomic E-state index is -0.790. The van der Waals surface area contributed by atoms with Crippen molar-refractivity contribution >= 4 is 16.7 Å². The van der Waals surface area contributed by atoms with Crippen molar-refractivity contribution in [1.29, 1.82) is 0 Å². The van der Waals surface area contributed by atoms with Gasteiger partial charge in [-0.2, -0.15) is 0 Å². The maximum atomic E-state index is 12.4. The molecule has 0 unspecified atom stereocenters. The number of nitrogens with zero attached hydrogens (tertiary/aromatic N) is 1. The highest BCUT2D eigenvalue weighted by molar-refractivity contribution is 7.85. The van der Waals surface area contributed by atoms with Crippen LogP contribution in [0.25, 0.3) is 0 Å². The van der Waals surface area contributed by atoms with Crippen LogP contribution in [-0.4, -0.2) is 51.3 Å². The smallest absolute Gasteiger partial charge is 0.253 e. The molecule has 1 saturated heterocycles. The van der Waals surface area contributed by atoms with Crippen LogP contribution in [0.4, 0.5) is 0 Å². The van der Waals surface area contributed by atoms with Gasteiger partial charge in [0.05, 0.1) is 0 Å². The first-order valence-corrected chi connectivity index (χ1v) is 7.95. The molecule has 5 heteroatoms. The lowest BCUT2D eigenvalue weighted by Gasteiger charge is -2.26. The number of aliphatic hydroxyl groups excluding tert-OH is 1. The van der Waals surface area contributed by atoms with Gasteiger partial charge in [-0.15, -0.1) is 0 Å². The van der Waals surface area contributed by atoms with Gasteiger partial charge in [0.25, 0.3) is 5.91 Å². The highest BCUT2D eigenvalue weighted by atomic mass is 32.2. The lowest BCUT2D eigenvalue weighted by molar-refractivity contribution is 0.0771. The standard InChI is InChI=1S/C15H17NO3S/c1-12-4-5-14(11-13(12)3-2-8-17)15(18)16-6-9-20(19)10-7-16/h4-5,11,17H,6-10H2,1H3. The summed E-state index contributed by atoms with van der Waals surface area (Å²) in [6.07, 6.45) is 0. The van der Waals surface area contributed by atoms with Gasteiger partial charge in [0.15, 0.2) is 0 Å². The van der Waals surface area contributed by atoms with Crippen molar-refractivity contribution in [2.24, 2.45) is 0 Å². The summed E-state index contributed by atoms with van der Waals surface area (Å²) in [5, 5.41) is 8.75. The van der Waals surface area contributed by atoms with Crippen LogP contribution in [0.1, 0.15) is 21.5 Å². The van der Waals surface area contributed by atoms with E-state index in [1.807, 2.05) is 13.0 Å². The summed E-state index contributed by atoms with van der Waals surface area (Å²) in [7, 11) is -0.790.